The predicted octanol–water partition coefficient (Wildman–Crippen LogP) is 3.07. The molecule has 0 saturated heterocycles. The zero-order chi connectivity index (χ0) is 13.8. The zero-order valence-electron chi connectivity index (χ0n) is 11.5. The number of nitrogens with zero attached hydrogens (tertiary/aromatic N) is 2. The van der Waals surface area contributed by atoms with Crippen LogP contribution in [0.3, 0.4) is 0 Å². The first-order chi connectivity index (χ1) is 9.11. The topological polar surface area (TPSA) is 51.4 Å². The highest BCUT2D eigenvalue weighted by Gasteiger charge is 2.16. The van der Waals surface area contributed by atoms with Gasteiger partial charge in [-0.2, -0.15) is 4.37 Å². The fourth-order valence-electron chi connectivity index (χ4n) is 1.96. The van der Waals surface area contributed by atoms with Crippen LogP contribution < -0.4 is 15.4 Å². The van der Waals surface area contributed by atoms with Crippen molar-refractivity contribution in [2.24, 2.45) is 0 Å². The highest BCUT2D eigenvalue weighted by atomic mass is 32.1. The van der Waals surface area contributed by atoms with Gasteiger partial charge in [0.2, 0.25) is 0 Å². The summed E-state index contributed by atoms with van der Waals surface area (Å²) in [6.45, 7) is 5.44. The quantitative estimate of drug-likeness (QED) is 0.912. The molecule has 0 bridgehead atoms. The average Bonchev–Trinajstić information content (AvgIpc) is 2.72. The van der Waals surface area contributed by atoms with Crippen molar-refractivity contribution in [3.63, 3.8) is 0 Å². The molecule has 0 aliphatic rings. The number of aryl methyl sites for hydroxylation is 1. The minimum absolute atomic E-state index is 0.470. The maximum Gasteiger partial charge on any atom is 0.197 e. The predicted molar refractivity (Wildman–Crippen MR) is 81.0 cm³/mol. The summed E-state index contributed by atoms with van der Waals surface area (Å²) in [6, 6.07) is 8.47. The molecule has 1 aromatic carbocycles. The Labute approximate surface area is 118 Å². The Morgan fingerprint density at radius 3 is 2.89 bits per heavy atom. The largest absolute Gasteiger partial charge is 0.487 e. The van der Waals surface area contributed by atoms with Gasteiger partial charge in [-0.3, -0.25) is 0 Å². The van der Waals surface area contributed by atoms with Crippen molar-refractivity contribution in [2.75, 3.05) is 24.3 Å². The third-order valence-corrected chi connectivity index (χ3v) is 3.75. The van der Waals surface area contributed by atoms with Crippen LogP contribution in [0.2, 0.25) is 0 Å². The summed E-state index contributed by atoms with van der Waals surface area (Å²) in [5, 5.41) is 0.973. The Balaban J connectivity index is 2.18. The number of ether oxygens (including phenoxy) is 1. The van der Waals surface area contributed by atoms with E-state index >= 15 is 0 Å². The van der Waals surface area contributed by atoms with E-state index in [0.717, 1.165) is 11.5 Å². The Morgan fingerprint density at radius 2 is 2.21 bits per heavy atom. The van der Waals surface area contributed by atoms with Crippen molar-refractivity contribution >= 4 is 22.4 Å². The van der Waals surface area contributed by atoms with Crippen molar-refractivity contribution in [1.29, 1.82) is 0 Å². The summed E-state index contributed by atoms with van der Waals surface area (Å²) >= 11 is 1.37. The molecule has 2 N–H and O–H groups in total. The van der Waals surface area contributed by atoms with Gasteiger partial charge in [-0.05, 0) is 30.9 Å². The van der Waals surface area contributed by atoms with E-state index in [4.69, 9.17) is 10.5 Å². The summed E-state index contributed by atoms with van der Waals surface area (Å²) in [7, 11) is 2.03. The van der Waals surface area contributed by atoms with Gasteiger partial charge in [0.05, 0.1) is 6.61 Å². The number of nitrogens with two attached hydrogens (primary N) is 1. The van der Waals surface area contributed by atoms with E-state index in [1.54, 1.807) is 0 Å². The van der Waals surface area contributed by atoms with Gasteiger partial charge in [0.1, 0.15) is 0 Å². The first-order valence-corrected chi connectivity index (χ1v) is 7.03. The minimum atomic E-state index is 0.470. The lowest BCUT2D eigenvalue weighted by Gasteiger charge is -2.18. The van der Waals surface area contributed by atoms with Crippen molar-refractivity contribution in [3.05, 3.63) is 35.4 Å². The number of hydrogen-bond donors (Lipinski definition) is 1. The molecule has 1 heterocycles. The first kappa shape index (κ1) is 13.7. The number of rotatable bonds is 5. The molecule has 0 amide bonds. The second-order valence-corrected chi connectivity index (χ2v) is 5.23. The molecule has 0 radical (unpaired) electrons. The maximum absolute atomic E-state index is 5.83. The molecule has 19 heavy (non-hydrogen) atoms. The Kier molecular flexibility index (Phi) is 4.27. The van der Waals surface area contributed by atoms with Gasteiger partial charge < -0.3 is 15.4 Å². The van der Waals surface area contributed by atoms with Gasteiger partial charge >= 0.3 is 0 Å². The van der Waals surface area contributed by atoms with Crippen molar-refractivity contribution < 1.29 is 4.74 Å². The Hall–Kier alpha value is -1.75. The van der Waals surface area contributed by atoms with Gasteiger partial charge in [0.15, 0.2) is 16.6 Å². The number of hydrogen-bond acceptors (Lipinski definition) is 5. The molecule has 2 rings (SSSR count). The molecular formula is C14H19N3OS. The Morgan fingerprint density at radius 1 is 1.42 bits per heavy atom. The number of benzene rings is 1. The van der Waals surface area contributed by atoms with Crippen LogP contribution in [0, 0.1) is 6.92 Å². The molecule has 2 aromatic rings. The van der Waals surface area contributed by atoms with Gasteiger partial charge in [-0.25, -0.2) is 0 Å². The minimum Gasteiger partial charge on any atom is -0.487 e. The summed E-state index contributed by atoms with van der Waals surface area (Å²) in [6.07, 6.45) is 0. The van der Waals surface area contributed by atoms with Crippen LogP contribution in [-0.4, -0.2) is 18.0 Å². The fraction of sp³-hybridized carbons (Fsp3) is 0.357. The second kappa shape index (κ2) is 5.93. The highest BCUT2D eigenvalue weighted by Crippen LogP contribution is 2.38. The molecule has 0 spiro atoms. The summed E-state index contributed by atoms with van der Waals surface area (Å²) in [4.78, 5) is 2.12. The molecule has 0 fully saturated rings. The second-order valence-electron chi connectivity index (χ2n) is 4.48. The number of nitrogen functional groups attached to an aromatic ring is 1. The van der Waals surface area contributed by atoms with Crippen LogP contribution in [0.4, 0.5) is 10.8 Å². The van der Waals surface area contributed by atoms with Crippen LogP contribution in [-0.2, 0) is 6.54 Å². The lowest BCUT2D eigenvalue weighted by atomic mass is 10.1. The Bertz CT molecular complexity index is 553. The van der Waals surface area contributed by atoms with Crippen molar-refractivity contribution in [1.82, 2.24) is 4.37 Å². The summed E-state index contributed by atoms with van der Waals surface area (Å²) in [5.74, 6) is 1.17. The molecule has 4 nitrogen and oxygen atoms in total. The number of anilines is 2. The van der Waals surface area contributed by atoms with Gasteiger partial charge in [0.25, 0.3) is 0 Å². The molecule has 0 saturated carbocycles. The number of aromatic nitrogens is 1. The van der Waals surface area contributed by atoms with Crippen LogP contribution in [0.15, 0.2) is 24.3 Å². The van der Waals surface area contributed by atoms with E-state index in [1.807, 2.05) is 14.0 Å². The van der Waals surface area contributed by atoms with E-state index in [2.05, 4.69) is 40.5 Å². The van der Waals surface area contributed by atoms with Crippen LogP contribution in [0.5, 0.6) is 5.75 Å². The molecule has 0 aliphatic carbocycles. The van der Waals surface area contributed by atoms with Crippen LogP contribution >= 0.6 is 11.5 Å². The molecule has 5 heteroatoms. The SMILES string of the molecule is CCOc1c(N)nsc1N(C)Cc1cccc(C)c1. The standard InChI is InChI=1S/C14H19N3OS/c1-4-18-12-13(15)16-19-14(12)17(3)9-11-7-5-6-10(2)8-11/h5-8H,4,9H2,1-3H3,(H2,15,16). The van der Waals surface area contributed by atoms with Gasteiger partial charge in [-0.1, -0.05) is 29.8 Å². The normalized spacial score (nSPS) is 10.5. The third-order valence-electron chi connectivity index (χ3n) is 2.79. The van der Waals surface area contributed by atoms with Crippen molar-refractivity contribution in [3.8, 4) is 5.75 Å². The third kappa shape index (κ3) is 3.17. The smallest absolute Gasteiger partial charge is 0.197 e. The molecule has 1 aromatic heterocycles. The lowest BCUT2D eigenvalue weighted by Crippen LogP contribution is -2.16. The highest BCUT2D eigenvalue weighted by molar-refractivity contribution is 7.11. The first-order valence-electron chi connectivity index (χ1n) is 6.26. The van der Waals surface area contributed by atoms with Gasteiger partial charge in [-0.15, -0.1) is 0 Å². The summed E-state index contributed by atoms with van der Waals surface area (Å²) in [5.41, 5.74) is 8.36. The van der Waals surface area contributed by atoms with Crippen LogP contribution in [0.1, 0.15) is 18.1 Å². The molecule has 102 valence electrons. The summed E-state index contributed by atoms with van der Waals surface area (Å²) < 4.78 is 9.74. The lowest BCUT2D eigenvalue weighted by molar-refractivity contribution is 0.343. The monoisotopic (exact) mass is 277 g/mol. The van der Waals surface area contributed by atoms with Crippen LogP contribution in [0.25, 0.3) is 0 Å². The average molecular weight is 277 g/mol. The zero-order valence-corrected chi connectivity index (χ0v) is 12.3. The van der Waals surface area contributed by atoms with E-state index in [9.17, 15) is 0 Å². The van der Waals surface area contributed by atoms with E-state index in [1.165, 1.54) is 22.7 Å². The van der Waals surface area contributed by atoms with Gasteiger partial charge in [0, 0.05) is 13.6 Å². The van der Waals surface area contributed by atoms with E-state index in [0.29, 0.717) is 18.2 Å². The van der Waals surface area contributed by atoms with E-state index < -0.39 is 0 Å². The fourth-order valence-corrected chi connectivity index (χ4v) is 2.68. The molecule has 0 unspecified atom stereocenters. The molecule has 0 aliphatic heterocycles. The molecular weight excluding hydrogens is 258 g/mol. The van der Waals surface area contributed by atoms with E-state index in [-0.39, 0.29) is 0 Å². The molecule has 0 atom stereocenters. The maximum atomic E-state index is 5.83. The van der Waals surface area contributed by atoms with Crippen molar-refractivity contribution in [2.45, 2.75) is 20.4 Å².